The molecule has 1 aromatic rings. The minimum Gasteiger partial charge on any atom is -0.481 e. The molecule has 9 heteroatoms. The third-order valence-electron chi connectivity index (χ3n) is 3.81. The fraction of sp³-hybridized carbons (Fsp3) is 0.375. The molecule has 0 spiro atoms. The number of aliphatic carboxylic acids is 1. The summed E-state index contributed by atoms with van der Waals surface area (Å²) in [5.41, 5.74) is 1.65. The number of carboxylic acid groups (broad SMARTS) is 1. The van der Waals surface area contributed by atoms with Crippen LogP contribution in [0.5, 0.6) is 0 Å². The number of carbonyl (C=O) groups excluding carboxylic acids is 1. The molecule has 0 saturated heterocycles. The van der Waals surface area contributed by atoms with Gasteiger partial charge in [-0.05, 0) is 37.5 Å². The van der Waals surface area contributed by atoms with Crippen molar-refractivity contribution in [1.29, 1.82) is 0 Å². The molecule has 25 heavy (non-hydrogen) atoms. The average molecular weight is 387 g/mol. The zero-order chi connectivity index (χ0) is 18.8. The van der Waals surface area contributed by atoms with E-state index in [9.17, 15) is 18.0 Å². The number of hydrogen-bond acceptors (Lipinski definition) is 4. The highest BCUT2D eigenvalue weighted by Gasteiger charge is 2.35. The standard InChI is InChI=1S/C16H19ClN2O5S/c1-10-5-6-12(14(17)8-10)16-13(11(2)20)9-19(25(23,24)18-16)7-3-4-15(21)22/h5-6,8-9,16,18H,3-4,7H2,1-2H3,(H,21,22). The van der Waals surface area contributed by atoms with Crippen LogP contribution in [-0.4, -0.2) is 36.1 Å². The van der Waals surface area contributed by atoms with Crippen LogP contribution in [0.25, 0.3) is 0 Å². The quantitative estimate of drug-likeness (QED) is 0.779. The molecule has 136 valence electrons. The molecule has 0 aromatic heterocycles. The van der Waals surface area contributed by atoms with Gasteiger partial charge >= 0.3 is 16.2 Å². The lowest BCUT2D eigenvalue weighted by atomic mass is 9.96. The number of carbonyl (C=O) groups is 2. The first kappa shape index (κ1) is 19.4. The van der Waals surface area contributed by atoms with E-state index in [1.807, 2.05) is 6.92 Å². The molecule has 2 N–H and O–H groups in total. The fourth-order valence-corrected chi connectivity index (χ4v) is 4.19. The number of nitrogens with one attached hydrogen (secondary N) is 1. The Hall–Kier alpha value is -1.90. The van der Waals surface area contributed by atoms with Gasteiger partial charge in [-0.15, -0.1) is 0 Å². The molecule has 1 aliphatic heterocycles. The van der Waals surface area contributed by atoms with Crippen LogP contribution in [0.15, 0.2) is 30.0 Å². The van der Waals surface area contributed by atoms with E-state index >= 15 is 0 Å². The lowest BCUT2D eigenvalue weighted by Crippen LogP contribution is -2.46. The molecule has 0 radical (unpaired) electrons. The summed E-state index contributed by atoms with van der Waals surface area (Å²) < 4.78 is 28.3. The molecular weight excluding hydrogens is 368 g/mol. The molecule has 1 atom stereocenters. The van der Waals surface area contributed by atoms with E-state index in [4.69, 9.17) is 16.7 Å². The van der Waals surface area contributed by atoms with Crippen molar-refractivity contribution in [3.8, 4) is 0 Å². The Morgan fingerprint density at radius 1 is 1.36 bits per heavy atom. The summed E-state index contributed by atoms with van der Waals surface area (Å²) in [4.78, 5) is 22.6. The summed E-state index contributed by atoms with van der Waals surface area (Å²) in [7, 11) is -3.91. The first-order valence-corrected chi connectivity index (χ1v) is 9.43. The predicted molar refractivity (Wildman–Crippen MR) is 93.3 cm³/mol. The molecule has 1 unspecified atom stereocenters. The second-order valence-corrected chi connectivity index (χ2v) is 7.89. The minimum atomic E-state index is -3.91. The first-order valence-electron chi connectivity index (χ1n) is 7.61. The summed E-state index contributed by atoms with van der Waals surface area (Å²) in [6.07, 6.45) is 1.23. The molecule has 2 rings (SSSR count). The third-order valence-corrected chi connectivity index (χ3v) is 5.58. The van der Waals surface area contributed by atoms with Crippen LogP contribution in [0.4, 0.5) is 0 Å². The van der Waals surface area contributed by atoms with E-state index < -0.39 is 22.2 Å². The largest absolute Gasteiger partial charge is 0.481 e. The second-order valence-electron chi connectivity index (χ2n) is 5.83. The van der Waals surface area contributed by atoms with Gasteiger partial charge in [-0.25, -0.2) is 0 Å². The van der Waals surface area contributed by atoms with Crippen molar-refractivity contribution >= 4 is 33.6 Å². The van der Waals surface area contributed by atoms with Crippen molar-refractivity contribution in [2.45, 2.75) is 32.7 Å². The molecule has 0 bridgehead atoms. The number of ketones is 1. The highest BCUT2D eigenvalue weighted by molar-refractivity contribution is 7.87. The number of hydrogen-bond donors (Lipinski definition) is 2. The van der Waals surface area contributed by atoms with Gasteiger partial charge in [0.15, 0.2) is 5.78 Å². The van der Waals surface area contributed by atoms with Crippen LogP contribution >= 0.6 is 11.6 Å². The number of carboxylic acids is 1. The van der Waals surface area contributed by atoms with Gasteiger partial charge in [0.05, 0.1) is 6.04 Å². The zero-order valence-corrected chi connectivity index (χ0v) is 15.4. The maximum atomic E-state index is 12.5. The van der Waals surface area contributed by atoms with Gasteiger partial charge in [0, 0.05) is 29.8 Å². The number of benzene rings is 1. The van der Waals surface area contributed by atoms with E-state index in [2.05, 4.69) is 4.72 Å². The number of rotatable bonds is 6. The van der Waals surface area contributed by atoms with E-state index in [1.165, 1.54) is 13.1 Å². The van der Waals surface area contributed by atoms with Crippen molar-refractivity contribution in [2.24, 2.45) is 0 Å². The van der Waals surface area contributed by atoms with Crippen molar-refractivity contribution in [1.82, 2.24) is 9.03 Å². The summed E-state index contributed by atoms with van der Waals surface area (Å²) in [6.45, 7) is 3.16. The molecule has 1 aliphatic rings. The maximum Gasteiger partial charge on any atom is 0.303 e. The second kappa shape index (κ2) is 7.55. The molecular formula is C16H19ClN2O5S. The predicted octanol–water partition coefficient (Wildman–Crippen LogP) is 2.18. The summed E-state index contributed by atoms with van der Waals surface area (Å²) in [5.74, 6) is -1.31. The topological polar surface area (TPSA) is 104 Å². The van der Waals surface area contributed by atoms with Gasteiger partial charge in [0.2, 0.25) is 0 Å². The Morgan fingerprint density at radius 3 is 2.60 bits per heavy atom. The van der Waals surface area contributed by atoms with Gasteiger partial charge in [0.25, 0.3) is 0 Å². The highest BCUT2D eigenvalue weighted by Crippen LogP contribution is 2.33. The van der Waals surface area contributed by atoms with Crippen LogP contribution in [0.3, 0.4) is 0 Å². The smallest absolute Gasteiger partial charge is 0.303 e. The fourth-order valence-electron chi connectivity index (χ4n) is 2.54. The van der Waals surface area contributed by atoms with Gasteiger partial charge in [0.1, 0.15) is 0 Å². The lowest BCUT2D eigenvalue weighted by Gasteiger charge is -2.32. The molecule has 0 amide bonds. The summed E-state index contributed by atoms with van der Waals surface area (Å²) in [6, 6.07) is 4.28. The Labute approximate surface area is 151 Å². The van der Waals surface area contributed by atoms with E-state index in [1.54, 1.807) is 18.2 Å². The van der Waals surface area contributed by atoms with Crippen molar-refractivity contribution in [3.05, 3.63) is 46.1 Å². The monoisotopic (exact) mass is 386 g/mol. The molecule has 7 nitrogen and oxygen atoms in total. The molecule has 1 heterocycles. The summed E-state index contributed by atoms with van der Waals surface area (Å²) >= 11 is 6.23. The Morgan fingerprint density at radius 2 is 2.04 bits per heavy atom. The van der Waals surface area contributed by atoms with Gasteiger partial charge < -0.3 is 5.11 Å². The molecule has 0 saturated carbocycles. The molecule has 1 aromatic carbocycles. The normalized spacial score (nSPS) is 19.4. The minimum absolute atomic E-state index is 0.0350. The van der Waals surface area contributed by atoms with E-state index in [-0.39, 0.29) is 30.7 Å². The van der Waals surface area contributed by atoms with Crippen molar-refractivity contribution in [3.63, 3.8) is 0 Å². The van der Waals surface area contributed by atoms with Crippen LogP contribution in [0, 0.1) is 6.92 Å². The Kier molecular flexibility index (Phi) is 5.87. The van der Waals surface area contributed by atoms with Crippen molar-refractivity contribution < 1.29 is 23.1 Å². The SMILES string of the molecule is CC(=O)C1=CN(CCCC(=O)O)S(=O)(=O)NC1c1ccc(C)cc1Cl. The molecule has 0 fully saturated rings. The summed E-state index contributed by atoms with van der Waals surface area (Å²) in [5, 5.41) is 9.05. The van der Waals surface area contributed by atoms with Crippen LogP contribution in [0.2, 0.25) is 5.02 Å². The van der Waals surface area contributed by atoms with Gasteiger partial charge in [-0.1, -0.05) is 23.7 Å². The van der Waals surface area contributed by atoms with Gasteiger partial charge in [-0.2, -0.15) is 13.1 Å². The van der Waals surface area contributed by atoms with Crippen molar-refractivity contribution in [2.75, 3.05) is 6.54 Å². The van der Waals surface area contributed by atoms with E-state index in [0.29, 0.717) is 10.6 Å². The Bertz CT molecular complexity index is 835. The van der Waals surface area contributed by atoms with Crippen LogP contribution < -0.4 is 4.72 Å². The lowest BCUT2D eigenvalue weighted by molar-refractivity contribution is -0.137. The van der Waals surface area contributed by atoms with E-state index in [0.717, 1.165) is 9.87 Å². The Balaban J connectivity index is 2.40. The number of aryl methyl sites for hydroxylation is 1. The first-order chi connectivity index (χ1) is 11.6. The number of nitrogens with zero attached hydrogens (tertiary/aromatic N) is 1. The maximum absolute atomic E-state index is 12.5. The van der Waals surface area contributed by atoms with Gasteiger partial charge in [-0.3, -0.25) is 13.9 Å². The van der Waals surface area contributed by atoms with Crippen LogP contribution in [0.1, 0.15) is 36.9 Å². The number of Topliss-reactive ketones (excluding diaryl/α,β-unsaturated/α-hetero) is 1. The molecule has 0 aliphatic carbocycles. The number of halogens is 1. The van der Waals surface area contributed by atoms with Crippen LogP contribution in [-0.2, 0) is 19.8 Å². The highest BCUT2D eigenvalue weighted by atomic mass is 35.5. The zero-order valence-electron chi connectivity index (χ0n) is 13.8. The third kappa shape index (κ3) is 4.59. The average Bonchev–Trinajstić information content (AvgIpc) is 2.47.